The topological polar surface area (TPSA) is 53.7 Å². The molecule has 0 fully saturated rings. The van der Waals surface area contributed by atoms with Gasteiger partial charge in [-0.1, -0.05) is 0 Å². The lowest BCUT2D eigenvalue weighted by atomic mass is 10.3. The molecule has 0 spiro atoms. The van der Waals surface area contributed by atoms with Gasteiger partial charge in [0.2, 0.25) is 0 Å². The van der Waals surface area contributed by atoms with Crippen LogP contribution >= 0.6 is 0 Å². The minimum Gasteiger partial charge on any atom is -0.394 e. The summed E-state index contributed by atoms with van der Waals surface area (Å²) < 4.78 is 1.80. The van der Waals surface area contributed by atoms with Crippen LogP contribution in [0.3, 0.4) is 0 Å². The second kappa shape index (κ2) is 4.09. The van der Waals surface area contributed by atoms with Crippen LogP contribution in [-0.4, -0.2) is 39.4 Å². The number of aliphatic hydroxyl groups excluding tert-OH is 1. The molecule has 1 unspecified atom stereocenters. The number of hydrogen-bond acceptors (Lipinski definition) is 4. The van der Waals surface area contributed by atoms with Crippen LogP contribution in [-0.2, 0) is 0 Å². The molecule has 2 heterocycles. The quantitative estimate of drug-likeness (QED) is 0.833. The number of hydrogen-bond donors (Lipinski definition) is 1. The van der Waals surface area contributed by atoms with Gasteiger partial charge in [-0.05, 0) is 19.9 Å². The number of anilines is 1. The van der Waals surface area contributed by atoms with Crippen LogP contribution in [0.15, 0.2) is 18.5 Å². The Balaban J connectivity index is 2.51. The molecule has 2 aromatic rings. The van der Waals surface area contributed by atoms with Crippen molar-refractivity contribution >= 4 is 11.3 Å². The Labute approximate surface area is 94.3 Å². The van der Waals surface area contributed by atoms with Crippen molar-refractivity contribution in [1.29, 1.82) is 0 Å². The van der Waals surface area contributed by atoms with E-state index in [4.69, 9.17) is 5.11 Å². The molecule has 1 N–H and O–H groups in total. The minimum absolute atomic E-state index is 0.0360. The SMILES string of the molecule is Cc1cc2c(N(C)C(C)CO)nccn2n1. The maximum atomic E-state index is 9.15. The highest BCUT2D eigenvalue weighted by Gasteiger charge is 2.14. The summed E-state index contributed by atoms with van der Waals surface area (Å²) in [6, 6.07) is 2.03. The first-order valence-electron chi connectivity index (χ1n) is 5.28. The molecule has 0 aliphatic carbocycles. The summed E-state index contributed by atoms with van der Waals surface area (Å²) in [5.74, 6) is 0.838. The average Bonchev–Trinajstić information content (AvgIpc) is 2.66. The first kappa shape index (κ1) is 10.9. The number of aliphatic hydroxyl groups is 1. The van der Waals surface area contributed by atoms with Crippen LogP contribution in [0, 0.1) is 6.92 Å². The van der Waals surface area contributed by atoms with Crippen molar-refractivity contribution < 1.29 is 5.11 Å². The summed E-state index contributed by atoms with van der Waals surface area (Å²) >= 11 is 0. The summed E-state index contributed by atoms with van der Waals surface area (Å²) in [4.78, 5) is 6.30. The van der Waals surface area contributed by atoms with Crippen molar-refractivity contribution in [2.24, 2.45) is 0 Å². The van der Waals surface area contributed by atoms with E-state index in [0.29, 0.717) is 0 Å². The van der Waals surface area contributed by atoms with Crippen molar-refractivity contribution in [1.82, 2.24) is 14.6 Å². The highest BCUT2D eigenvalue weighted by atomic mass is 16.3. The second-order valence-electron chi connectivity index (χ2n) is 4.01. The van der Waals surface area contributed by atoms with Gasteiger partial charge < -0.3 is 10.0 Å². The van der Waals surface area contributed by atoms with Crippen molar-refractivity contribution in [3.8, 4) is 0 Å². The van der Waals surface area contributed by atoms with E-state index in [9.17, 15) is 0 Å². The third-order valence-corrected chi connectivity index (χ3v) is 2.75. The molecule has 0 bridgehead atoms. The first-order valence-corrected chi connectivity index (χ1v) is 5.28. The molecule has 0 aliphatic heterocycles. The predicted octanol–water partition coefficient (Wildman–Crippen LogP) is 0.855. The van der Waals surface area contributed by atoms with Crippen molar-refractivity contribution in [2.45, 2.75) is 19.9 Å². The zero-order valence-corrected chi connectivity index (χ0v) is 9.75. The van der Waals surface area contributed by atoms with E-state index in [1.54, 1.807) is 10.7 Å². The van der Waals surface area contributed by atoms with Gasteiger partial charge >= 0.3 is 0 Å². The first-order chi connectivity index (χ1) is 7.63. The molecule has 0 saturated carbocycles. The summed E-state index contributed by atoms with van der Waals surface area (Å²) in [7, 11) is 1.92. The zero-order valence-electron chi connectivity index (χ0n) is 9.75. The molecular formula is C11H16N4O. The summed E-state index contributed by atoms with van der Waals surface area (Å²) in [6.45, 7) is 4.01. The highest BCUT2D eigenvalue weighted by Crippen LogP contribution is 2.19. The largest absolute Gasteiger partial charge is 0.394 e. The van der Waals surface area contributed by atoms with Crippen molar-refractivity contribution in [3.05, 3.63) is 24.2 Å². The minimum atomic E-state index is 0.0360. The fourth-order valence-electron chi connectivity index (χ4n) is 1.63. The Kier molecular flexibility index (Phi) is 2.78. The molecule has 2 aromatic heterocycles. The van der Waals surface area contributed by atoms with Crippen LogP contribution in [0.25, 0.3) is 5.52 Å². The lowest BCUT2D eigenvalue weighted by Gasteiger charge is -2.24. The van der Waals surface area contributed by atoms with Crippen LogP contribution in [0.2, 0.25) is 0 Å². The predicted molar refractivity (Wildman–Crippen MR) is 62.7 cm³/mol. The average molecular weight is 220 g/mol. The van der Waals surface area contributed by atoms with Crippen LogP contribution < -0.4 is 4.90 Å². The molecule has 0 aromatic carbocycles. The maximum absolute atomic E-state index is 9.15. The Morgan fingerprint density at radius 1 is 1.56 bits per heavy atom. The van der Waals surface area contributed by atoms with E-state index in [-0.39, 0.29) is 12.6 Å². The highest BCUT2D eigenvalue weighted by molar-refractivity contribution is 5.69. The standard InChI is InChI=1S/C11H16N4O/c1-8-6-10-11(14(3)9(2)7-16)12-4-5-15(10)13-8/h4-6,9,16H,7H2,1-3H3. The normalized spacial score (nSPS) is 13.0. The van der Waals surface area contributed by atoms with Crippen LogP contribution in [0.5, 0.6) is 0 Å². The monoisotopic (exact) mass is 220 g/mol. The fourth-order valence-corrected chi connectivity index (χ4v) is 1.63. The van der Waals surface area contributed by atoms with Gasteiger partial charge in [0.25, 0.3) is 0 Å². The van der Waals surface area contributed by atoms with Crippen LogP contribution in [0.1, 0.15) is 12.6 Å². The summed E-state index contributed by atoms with van der Waals surface area (Å²) in [6.07, 6.45) is 3.54. The van der Waals surface area contributed by atoms with E-state index in [1.807, 2.05) is 38.1 Å². The molecule has 5 nitrogen and oxygen atoms in total. The molecule has 16 heavy (non-hydrogen) atoms. The van der Waals surface area contributed by atoms with E-state index in [2.05, 4.69) is 10.1 Å². The molecule has 0 aliphatic rings. The van der Waals surface area contributed by atoms with Gasteiger partial charge in [-0.25, -0.2) is 9.50 Å². The lowest BCUT2D eigenvalue weighted by molar-refractivity contribution is 0.270. The van der Waals surface area contributed by atoms with Crippen LogP contribution in [0.4, 0.5) is 5.82 Å². The molecule has 0 amide bonds. The Morgan fingerprint density at radius 3 is 3.00 bits per heavy atom. The smallest absolute Gasteiger partial charge is 0.154 e. The van der Waals surface area contributed by atoms with Gasteiger partial charge in [0.1, 0.15) is 5.52 Å². The molecule has 0 radical (unpaired) electrons. The summed E-state index contributed by atoms with van der Waals surface area (Å²) in [5.41, 5.74) is 1.92. The van der Waals surface area contributed by atoms with E-state index in [0.717, 1.165) is 17.0 Å². The number of nitrogens with zero attached hydrogens (tertiary/aromatic N) is 4. The van der Waals surface area contributed by atoms with E-state index >= 15 is 0 Å². The van der Waals surface area contributed by atoms with Gasteiger partial charge in [-0.3, -0.25) is 0 Å². The lowest BCUT2D eigenvalue weighted by Crippen LogP contribution is -2.32. The maximum Gasteiger partial charge on any atom is 0.154 e. The van der Waals surface area contributed by atoms with Gasteiger partial charge in [-0.2, -0.15) is 5.10 Å². The Hall–Kier alpha value is -1.62. The van der Waals surface area contributed by atoms with Gasteiger partial charge in [-0.15, -0.1) is 0 Å². The Bertz CT molecular complexity index is 494. The molecule has 86 valence electrons. The molecule has 5 heteroatoms. The van der Waals surface area contributed by atoms with Crippen molar-refractivity contribution in [2.75, 3.05) is 18.6 Å². The van der Waals surface area contributed by atoms with Gasteiger partial charge in [0.15, 0.2) is 5.82 Å². The Morgan fingerprint density at radius 2 is 2.31 bits per heavy atom. The fraction of sp³-hybridized carbons (Fsp3) is 0.455. The van der Waals surface area contributed by atoms with Gasteiger partial charge in [0, 0.05) is 19.4 Å². The molecule has 1 atom stereocenters. The third kappa shape index (κ3) is 1.74. The van der Waals surface area contributed by atoms with Gasteiger partial charge in [0.05, 0.1) is 18.3 Å². The zero-order chi connectivity index (χ0) is 11.7. The summed E-state index contributed by atoms with van der Waals surface area (Å²) in [5, 5.41) is 13.5. The third-order valence-electron chi connectivity index (χ3n) is 2.75. The number of likely N-dealkylation sites (N-methyl/N-ethyl adjacent to an activating group) is 1. The number of fused-ring (bicyclic) bond motifs is 1. The number of aromatic nitrogens is 3. The second-order valence-corrected chi connectivity index (χ2v) is 4.01. The number of rotatable bonds is 3. The molecular weight excluding hydrogens is 204 g/mol. The molecule has 0 saturated heterocycles. The van der Waals surface area contributed by atoms with E-state index in [1.165, 1.54) is 0 Å². The van der Waals surface area contributed by atoms with Crippen molar-refractivity contribution in [3.63, 3.8) is 0 Å². The number of aryl methyl sites for hydroxylation is 1. The molecule has 2 rings (SSSR count). The van der Waals surface area contributed by atoms with E-state index < -0.39 is 0 Å².